The van der Waals surface area contributed by atoms with Crippen LogP contribution in [0.5, 0.6) is 0 Å². The molecule has 3 aromatic rings. The molecule has 154 valence electrons. The second-order valence-corrected chi connectivity index (χ2v) is 6.63. The molecule has 0 unspecified atom stereocenters. The van der Waals surface area contributed by atoms with Gasteiger partial charge in [-0.3, -0.25) is 19.7 Å². The van der Waals surface area contributed by atoms with Crippen LogP contribution in [0.15, 0.2) is 55.1 Å². The van der Waals surface area contributed by atoms with Crippen LogP contribution in [-0.2, 0) is 17.9 Å². The Morgan fingerprint density at radius 3 is 2.47 bits per heavy atom. The van der Waals surface area contributed by atoms with Crippen LogP contribution in [0.25, 0.3) is 0 Å². The molecule has 0 radical (unpaired) electrons. The molecule has 0 spiro atoms. The molecule has 0 aliphatic heterocycles. The van der Waals surface area contributed by atoms with Crippen molar-refractivity contribution in [3.05, 3.63) is 87.5 Å². The first kappa shape index (κ1) is 20.6. The van der Waals surface area contributed by atoms with Crippen molar-refractivity contribution in [1.29, 1.82) is 0 Å². The number of amides is 2. The van der Waals surface area contributed by atoms with Crippen LogP contribution in [-0.4, -0.2) is 38.0 Å². The topological polar surface area (TPSA) is 132 Å². The fourth-order valence-electron chi connectivity index (χ4n) is 2.79. The van der Waals surface area contributed by atoms with E-state index in [0.717, 1.165) is 11.1 Å². The second kappa shape index (κ2) is 9.41. The molecule has 0 saturated carbocycles. The van der Waals surface area contributed by atoms with E-state index in [2.05, 4.69) is 20.7 Å². The summed E-state index contributed by atoms with van der Waals surface area (Å²) in [4.78, 5) is 38.4. The molecule has 1 heterocycles. The molecule has 3 rings (SSSR count). The molecule has 10 nitrogen and oxygen atoms in total. The average molecular weight is 408 g/mol. The van der Waals surface area contributed by atoms with Gasteiger partial charge in [0.1, 0.15) is 12.7 Å². The van der Waals surface area contributed by atoms with E-state index in [4.69, 9.17) is 0 Å². The van der Waals surface area contributed by atoms with Crippen molar-refractivity contribution >= 4 is 17.5 Å². The van der Waals surface area contributed by atoms with Gasteiger partial charge < -0.3 is 10.6 Å². The molecule has 0 atom stereocenters. The molecule has 2 amide bonds. The van der Waals surface area contributed by atoms with E-state index in [1.165, 1.54) is 24.5 Å². The van der Waals surface area contributed by atoms with Crippen molar-refractivity contribution in [1.82, 2.24) is 25.4 Å². The van der Waals surface area contributed by atoms with E-state index < -0.39 is 10.8 Å². The quantitative estimate of drug-likeness (QED) is 0.430. The van der Waals surface area contributed by atoms with Crippen molar-refractivity contribution in [2.24, 2.45) is 0 Å². The van der Waals surface area contributed by atoms with Crippen LogP contribution >= 0.6 is 0 Å². The highest BCUT2D eigenvalue weighted by atomic mass is 16.6. The fraction of sp³-hybridized carbons (Fsp3) is 0.200. The maximum atomic E-state index is 12.2. The molecule has 2 N–H and O–H groups in total. The Morgan fingerprint density at radius 2 is 1.83 bits per heavy atom. The van der Waals surface area contributed by atoms with Gasteiger partial charge in [-0.1, -0.05) is 24.3 Å². The summed E-state index contributed by atoms with van der Waals surface area (Å²) in [6, 6.07) is 11.8. The number of aryl methyl sites for hydroxylation is 1. The van der Waals surface area contributed by atoms with E-state index in [1.807, 2.05) is 24.3 Å². The number of carbonyl (C=O) groups is 2. The molecule has 2 aromatic carbocycles. The van der Waals surface area contributed by atoms with Gasteiger partial charge in [0, 0.05) is 23.7 Å². The summed E-state index contributed by atoms with van der Waals surface area (Å²) in [6.45, 7) is 2.30. The van der Waals surface area contributed by atoms with Crippen molar-refractivity contribution in [2.45, 2.75) is 20.0 Å². The number of nitrogens with one attached hydrogen (secondary N) is 2. The third-order valence-electron chi connectivity index (χ3n) is 4.39. The van der Waals surface area contributed by atoms with Crippen LogP contribution in [0.1, 0.15) is 27.0 Å². The molecule has 0 aliphatic rings. The monoisotopic (exact) mass is 408 g/mol. The van der Waals surface area contributed by atoms with Gasteiger partial charge in [-0.05, 0) is 30.2 Å². The van der Waals surface area contributed by atoms with Gasteiger partial charge in [-0.15, -0.1) is 0 Å². The highest BCUT2D eigenvalue weighted by molar-refractivity contribution is 5.96. The third-order valence-corrected chi connectivity index (χ3v) is 4.39. The van der Waals surface area contributed by atoms with E-state index >= 15 is 0 Å². The van der Waals surface area contributed by atoms with Crippen LogP contribution in [0.3, 0.4) is 0 Å². The predicted molar refractivity (Wildman–Crippen MR) is 108 cm³/mol. The number of rotatable bonds is 8. The minimum atomic E-state index is -0.508. The predicted octanol–water partition coefficient (Wildman–Crippen LogP) is 1.59. The zero-order valence-corrected chi connectivity index (χ0v) is 16.2. The van der Waals surface area contributed by atoms with Crippen molar-refractivity contribution in [2.75, 3.05) is 6.54 Å². The summed E-state index contributed by atoms with van der Waals surface area (Å²) in [5.41, 5.74) is 2.55. The number of carbonyl (C=O) groups excluding carboxylic acids is 2. The summed E-state index contributed by atoms with van der Waals surface area (Å²) in [6.07, 6.45) is 3.12. The molecular weight excluding hydrogens is 388 g/mol. The molecule has 0 bridgehead atoms. The lowest BCUT2D eigenvalue weighted by molar-refractivity contribution is -0.385. The van der Waals surface area contributed by atoms with Crippen molar-refractivity contribution in [3.63, 3.8) is 0 Å². The Hall–Kier alpha value is -4.08. The molecule has 0 saturated heterocycles. The summed E-state index contributed by atoms with van der Waals surface area (Å²) in [5.74, 6) is -0.811. The Balaban J connectivity index is 1.45. The summed E-state index contributed by atoms with van der Waals surface area (Å²) in [7, 11) is 0. The van der Waals surface area contributed by atoms with Gasteiger partial charge in [-0.25, -0.2) is 9.67 Å². The molecule has 30 heavy (non-hydrogen) atoms. The normalized spacial score (nSPS) is 10.4. The summed E-state index contributed by atoms with van der Waals surface area (Å²) < 4.78 is 1.71. The first-order chi connectivity index (χ1) is 14.4. The first-order valence-electron chi connectivity index (χ1n) is 9.12. The lowest BCUT2D eigenvalue weighted by atomic mass is 10.1. The molecule has 1 aromatic heterocycles. The van der Waals surface area contributed by atoms with E-state index in [9.17, 15) is 19.7 Å². The number of aromatic nitrogens is 3. The lowest BCUT2D eigenvalue weighted by Gasteiger charge is -2.08. The Kier molecular flexibility index (Phi) is 6.48. The minimum absolute atomic E-state index is 0.0587. The van der Waals surface area contributed by atoms with Crippen LogP contribution in [0.4, 0.5) is 5.69 Å². The van der Waals surface area contributed by atoms with E-state index in [0.29, 0.717) is 18.7 Å². The zero-order valence-electron chi connectivity index (χ0n) is 16.2. The van der Waals surface area contributed by atoms with Gasteiger partial charge in [0.05, 0.1) is 18.0 Å². The van der Waals surface area contributed by atoms with Crippen LogP contribution in [0, 0.1) is 17.0 Å². The number of nitrogens with zero attached hydrogens (tertiary/aromatic N) is 4. The number of hydrogen-bond acceptors (Lipinski definition) is 6. The highest BCUT2D eigenvalue weighted by Gasteiger charge is 2.14. The second-order valence-electron chi connectivity index (χ2n) is 6.63. The first-order valence-corrected chi connectivity index (χ1v) is 9.12. The smallest absolute Gasteiger partial charge is 0.272 e. The van der Waals surface area contributed by atoms with E-state index in [1.54, 1.807) is 17.9 Å². The fourth-order valence-corrected chi connectivity index (χ4v) is 2.79. The molecule has 0 aliphatic carbocycles. The maximum Gasteiger partial charge on any atom is 0.272 e. The maximum absolute atomic E-state index is 12.2. The SMILES string of the molecule is Cc1cc(C(=O)NCC(=O)NCc2ccc(Cn3cncn3)cc2)ccc1[N+](=O)[O-]. The third kappa shape index (κ3) is 5.47. The van der Waals surface area contributed by atoms with Crippen molar-refractivity contribution < 1.29 is 14.5 Å². The number of nitro benzene ring substituents is 1. The van der Waals surface area contributed by atoms with Gasteiger partial charge >= 0.3 is 0 Å². The Labute approximate surface area is 172 Å². The molecule has 0 fully saturated rings. The van der Waals surface area contributed by atoms with E-state index in [-0.39, 0.29) is 23.7 Å². The van der Waals surface area contributed by atoms with Gasteiger partial charge in [0.2, 0.25) is 5.91 Å². The standard InChI is InChI=1S/C20H20N6O4/c1-14-8-17(6-7-18(14)26(29)30)20(28)23-10-19(27)22-9-15-2-4-16(5-3-15)11-25-13-21-12-24-25/h2-8,12-13H,9-11H2,1H3,(H,22,27)(H,23,28). The van der Waals surface area contributed by atoms with Crippen LogP contribution < -0.4 is 10.6 Å². The minimum Gasteiger partial charge on any atom is -0.350 e. The molecular formula is C20H20N6O4. The summed E-state index contributed by atoms with van der Waals surface area (Å²) in [5, 5.41) is 20.1. The van der Waals surface area contributed by atoms with Crippen molar-refractivity contribution in [3.8, 4) is 0 Å². The number of benzene rings is 2. The summed E-state index contributed by atoms with van der Waals surface area (Å²) >= 11 is 0. The van der Waals surface area contributed by atoms with Gasteiger partial charge in [0.25, 0.3) is 11.6 Å². The highest BCUT2D eigenvalue weighted by Crippen LogP contribution is 2.18. The largest absolute Gasteiger partial charge is 0.350 e. The number of hydrogen-bond donors (Lipinski definition) is 2. The Bertz CT molecular complexity index is 1050. The average Bonchev–Trinajstić information content (AvgIpc) is 3.24. The zero-order chi connectivity index (χ0) is 21.5. The molecule has 10 heteroatoms. The lowest BCUT2D eigenvalue weighted by Crippen LogP contribution is -2.36. The number of nitro groups is 1. The Morgan fingerprint density at radius 1 is 1.10 bits per heavy atom. The van der Waals surface area contributed by atoms with Gasteiger partial charge in [0.15, 0.2) is 0 Å². The van der Waals surface area contributed by atoms with Crippen LogP contribution in [0.2, 0.25) is 0 Å². The van der Waals surface area contributed by atoms with Gasteiger partial charge in [-0.2, -0.15) is 5.10 Å².